The fraction of sp³-hybridized carbons (Fsp3) is 0.250. The van der Waals surface area contributed by atoms with Crippen molar-refractivity contribution in [3.63, 3.8) is 0 Å². The van der Waals surface area contributed by atoms with E-state index in [1.54, 1.807) is 0 Å². The number of benzene rings is 1. The van der Waals surface area contributed by atoms with E-state index in [-0.39, 0.29) is 23.0 Å². The number of anilines is 1. The van der Waals surface area contributed by atoms with E-state index in [9.17, 15) is 15.0 Å². The molecule has 6 nitrogen and oxygen atoms in total. The number of nitrogens with zero attached hydrogens (tertiary/aromatic N) is 2. The zero-order chi connectivity index (χ0) is 14.5. The number of hydrogen-bond donors (Lipinski definition) is 3. The van der Waals surface area contributed by atoms with Crippen LogP contribution >= 0.6 is 23.1 Å². The first-order valence-electron chi connectivity index (χ1n) is 5.85. The number of hydrogen-bond acceptors (Lipinski definition) is 8. The van der Waals surface area contributed by atoms with Crippen molar-refractivity contribution in [3.05, 3.63) is 23.8 Å². The number of carbonyl (C=O) groups is 1. The second kappa shape index (κ2) is 6.58. The van der Waals surface area contributed by atoms with Crippen LogP contribution in [0.25, 0.3) is 0 Å². The summed E-state index contributed by atoms with van der Waals surface area (Å²) in [5.41, 5.74) is 0.351. The smallest absolute Gasteiger partial charge is 0.206 e. The highest BCUT2D eigenvalue weighted by atomic mass is 32.2. The summed E-state index contributed by atoms with van der Waals surface area (Å²) in [4.78, 5) is 11.9. The Morgan fingerprint density at radius 3 is 2.85 bits per heavy atom. The van der Waals surface area contributed by atoms with Crippen molar-refractivity contribution in [2.45, 2.75) is 11.3 Å². The summed E-state index contributed by atoms with van der Waals surface area (Å²) in [5, 5.41) is 30.2. The predicted octanol–water partition coefficient (Wildman–Crippen LogP) is 2.36. The molecule has 0 bridgehead atoms. The van der Waals surface area contributed by atoms with Gasteiger partial charge in [-0.1, -0.05) is 23.1 Å². The first-order valence-corrected chi connectivity index (χ1v) is 7.65. The van der Waals surface area contributed by atoms with E-state index in [0.29, 0.717) is 9.90 Å². The fourth-order valence-electron chi connectivity index (χ4n) is 1.40. The van der Waals surface area contributed by atoms with Crippen LogP contribution in [0.5, 0.6) is 11.5 Å². The molecule has 2 aromatic rings. The molecular weight excluding hydrogens is 298 g/mol. The monoisotopic (exact) mass is 311 g/mol. The van der Waals surface area contributed by atoms with Crippen LogP contribution in [0.4, 0.5) is 5.13 Å². The maximum atomic E-state index is 11.9. The van der Waals surface area contributed by atoms with Crippen LogP contribution in [-0.2, 0) is 0 Å². The van der Waals surface area contributed by atoms with Crippen LogP contribution in [0.3, 0.4) is 0 Å². The van der Waals surface area contributed by atoms with Gasteiger partial charge in [0.2, 0.25) is 5.13 Å². The number of ketones is 1. The van der Waals surface area contributed by atoms with Gasteiger partial charge in [-0.25, -0.2) is 0 Å². The molecule has 1 heterocycles. The second-order valence-electron chi connectivity index (χ2n) is 3.82. The summed E-state index contributed by atoms with van der Waals surface area (Å²) in [7, 11) is 0. The van der Waals surface area contributed by atoms with E-state index in [1.165, 1.54) is 41.3 Å². The summed E-state index contributed by atoms with van der Waals surface area (Å²) in [6, 6.07) is 4.02. The predicted molar refractivity (Wildman–Crippen MR) is 78.9 cm³/mol. The molecule has 0 spiro atoms. The van der Waals surface area contributed by atoms with Gasteiger partial charge in [-0.05, 0) is 25.1 Å². The number of Topliss-reactive ketones (excluding diaryl/α,β-unsaturated/α-hetero) is 1. The van der Waals surface area contributed by atoms with Crippen LogP contribution in [0.2, 0.25) is 0 Å². The Morgan fingerprint density at radius 1 is 1.35 bits per heavy atom. The average molecular weight is 311 g/mol. The highest BCUT2D eigenvalue weighted by molar-refractivity contribution is 8.01. The first-order chi connectivity index (χ1) is 9.60. The Bertz CT molecular complexity index is 616. The third kappa shape index (κ3) is 3.61. The van der Waals surface area contributed by atoms with E-state index < -0.39 is 0 Å². The fourth-order valence-corrected chi connectivity index (χ4v) is 3.11. The van der Waals surface area contributed by atoms with Crippen LogP contribution < -0.4 is 5.32 Å². The molecule has 0 aliphatic heterocycles. The number of phenols is 2. The molecule has 0 saturated heterocycles. The maximum absolute atomic E-state index is 11.9. The van der Waals surface area contributed by atoms with E-state index in [0.717, 1.165) is 11.7 Å². The van der Waals surface area contributed by atoms with Crippen LogP contribution in [0.15, 0.2) is 22.5 Å². The third-order valence-corrected chi connectivity index (χ3v) is 4.37. The number of rotatable bonds is 6. The molecule has 1 aromatic heterocycles. The summed E-state index contributed by atoms with van der Waals surface area (Å²) < 4.78 is 0.706. The van der Waals surface area contributed by atoms with Gasteiger partial charge in [-0.3, -0.25) is 4.79 Å². The van der Waals surface area contributed by atoms with Gasteiger partial charge in [0.05, 0.1) is 5.75 Å². The molecule has 106 valence electrons. The summed E-state index contributed by atoms with van der Waals surface area (Å²) >= 11 is 2.68. The molecule has 3 N–H and O–H groups in total. The Balaban J connectivity index is 1.95. The number of phenolic OH excluding ortho intramolecular Hbond substituents is 2. The molecule has 1 aromatic carbocycles. The molecule has 0 unspecified atom stereocenters. The minimum absolute atomic E-state index is 0.148. The first kappa shape index (κ1) is 14.6. The van der Waals surface area contributed by atoms with E-state index in [2.05, 4.69) is 15.5 Å². The minimum Gasteiger partial charge on any atom is -0.504 e. The van der Waals surface area contributed by atoms with Gasteiger partial charge in [-0.15, -0.1) is 10.2 Å². The lowest BCUT2D eigenvalue weighted by Crippen LogP contribution is -2.01. The molecule has 0 amide bonds. The molecule has 20 heavy (non-hydrogen) atoms. The van der Waals surface area contributed by atoms with Crippen molar-refractivity contribution in [2.24, 2.45) is 0 Å². The molecule has 0 atom stereocenters. The zero-order valence-corrected chi connectivity index (χ0v) is 12.3. The molecule has 0 saturated carbocycles. The lowest BCUT2D eigenvalue weighted by molar-refractivity contribution is 0.102. The highest BCUT2D eigenvalue weighted by Crippen LogP contribution is 2.28. The lowest BCUT2D eigenvalue weighted by atomic mass is 10.1. The van der Waals surface area contributed by atoms with Crippen LogP contribution in [0.1, 0.15) is 17.3 Å². The summed E-state index contributed by atoms with van der Waals surface area (Å²) in [6.45, 7) is 2.74. The standard InChI is InChI=1S/C12H13N3O3S2/c1-2-13-11-14-15-12(20-11)19-6-10(18)7-3-4-8(16)9(17)5-7/h3-5,16-17H,2,6H2,1H3,(H,13,14). The Morgan fingerprint density at radius 2 is 2.15 bits per heavy atom. The van der Waals surface area contributed by atoms with Gasteiger partial charge in [-0.2, -0.15) is 0 Å². The average Bonchev–Trinajstić information content (AvgIpc) is 2.87. The van der Waals surface area contributed by atoms with Gasteiger partial charge in [0.25, 0.3) is 0 Å². The Kier molecular flexibility index (Phi) is 4.80. The quantitative estimate of drug-likeness (QED) is 0.428. The number of carbonyl (C=O) groups excluding carboxylic acids is 1. The Hall–Kier alpha value is -1.80. The maximum Gasteiger partial charge on any atom is 0.206 e. The normalized spacial score (nSPS) is 10.4. The van der Waals surface area contributed by atoms with Crippen molar-refractivity contribution >= 4 is 34.0 Å². The largest absolute Gasteiger partial charge is 0.504 e. The molecule has 2 rings (SSSR count). The molecule has 8 heteroatoms. The lowest BCUT2D eigenvalue weighted by Gasteiger charge is -2.01. The third-order valence-electron chi connectivity index (χ3n) is 2.36. The molecule has 0 aliphatic rings. The van der Waals surface area contributed by atoms with Gasteiger partial charge < -0.3 is 15.5 Å². The number of aromatic nitrogens is 2. The summed E-state index contributed by atoms with van der Waals surface area (Å²) in [6.07, 6.45) is 0. The second-order valence-corrected chi connectivity index (χ2v) is 6.02. The zero-order valence-electron chi connectivity index (χ0n) is 10.7. The van der Waals surface area contributed by atoms with Gasteiger partial charge >= 0.3 is 0 Å². The van der Waals surface area contributed by atoms with Gasteiger partial charge in [0, 0.05) is 12.1 Å². The van der Waals surface area contributed by atoms with E-state index >= 15 is 0 Å². The van der Waals surface area contributed by atoms with Crippen molar-refractivity contribution in [1.29, 1.82) is 0 Å². The Labute approximate surface area is 123 Å². The van der Waals surface area contributed by atoms with Crippen molar-refractivity contribution < 1.29 is 15.0 Å². The summed E-state index contributed by atoms with van der Waals surface area (Å²) in [5.74, 6) is -0.490. The van der Waals surface area contributed by atoms with Gasteiger partial charge in [0.15, 0.2) is 21.6 Å². The molecular formula is C12H13N3O3S2. The SMILES string of the molecule is CCNc1nnc(SCC(=O)c2ccc(O)c(O)c2)s1. The van der Waals surface area contributed by atoms with Crippen molar-refractivity contribution in [3.8, 4) is 11.5 Å². The molecule has 0 aliphatic carbocycles. The minimum atomic E-state index is -0.300. The highest BCUT2D eigenvalue weighted by Gasteiger charge is 2.11. The molecule has 0 radical (unpaired) electrons. The van der Waals surface area contributed by atoms with Crippen molar-refractivity contribution in [2.75, 3.05) is 17.6 Å². The topological polar surface area (TPSA) is 95.3 Å². The molecule has 0 fully saturated rings. The number of aromatic hydroxyl groups is 2. The van der Waals surface area contributed by atoms with E-state index in [4.69, 9.17) is 0 Å². The van der Waals surface area contributed by atoms with Gasteiger partial charge in [0.1, 0.15) is 0 Å². The number of thioether (sulfide) groups is 1. The van der Waals surface area contributed by atoms with Crippen molar-refractivity contribution in [1.82, 2.24) is 10.2 Å². The van der Waals surface area contributed by atoms with Crippen LogP contribution in [-0.4, -0.2) is 38.5 Å². The van der Waals surface area contributed by atoms with Crippen LogP contribution in [0, 0.1) is 0 Å². The van der Waals surface area contributed by atoms with E-state index in [1.807, 2.05) is 6.92 Å². The number of nitrogens with one attached hydrogen (secondary N) is 1.